The highest BCUT2D eigenvalue weighted by Gasteiger charge is 2.16. The van der Waals surface area contributed by atoms with Gasteiger partial charge >= 0.3 is 17.8 Å². The Kier molecular flexibility index (Phi) is 15.7. The lowest BCUT2D eigenvalue weighted by Crippen LogP contribution is -2.33. The Morgan fingerprint density at radius 1 is 0.957 bits per heavy atom. The van der Waals surface area contributed by atoms with Gasteiger partial charge in [-0.25, -0.2) is 9.59 Å². The van der Waals surface area contributed by atoms with E-state index in [0.717, 1.165) is 31.4 Å². The number of hydrogen-bond acceptors (Lipinski definition) is 12. The van der Waals surface area contributed by atoms with Gasteiger partial charge in [0.15, 0.2) is 11.5 Å². The molecule has 3 aromatic heterocycles. The van der Waals surface area contributed by atoms with Gasteiger partial charge < -0.3 is 45.0 Å². The van der Waals surface area contributed by atoms with Crippen molar-refractivity contribution in [2.45, 2.75) is 72.1 Å². The van der Waals surface area contributed by atoms with Crippen molar-refractivity contribution in [3.63, 3.8) is 0 Å². The summed E-state index contributed by atoms with van der Waals surface area (Å²) >= 11 is 0. The van der Waals surface area contributed by atoms with E-state index in [0.29, 0.717) is 82.6 Å². The number of aromatic amines is 1. The number of anilines is 1. The van der Waals surface area contributed by atoms with Crippen LogP contribution in [-0.4, -0.2) is 95.5 Å². The molecule has 0 spiro atoms. The zero-order valence-corrected chi connectivity index (χ0v) is 27.6. The number of imidazole rings is 1. The molecule has 46 heavy (non-hydrogen) atoms. The Bertz CT molecular complexity index is 1370. The third-order valence-electron chi connectivity index (χ3n) is 6.41. The number of rotatable bonds is 22. The van der Waals surface area contributed by atoms with Crippen molar-refractivity contribution in [1.82, 2.24) is 35.1 Å². The van der Waals surface area contributed by atoms with Crippen molar-refractivity contribution < 1.29 is 28.5 Å². The summed E-state index contributed by atoms with van der Waals surface area (Å²) in [6.45, 7) is 13.4. The van der Waals surface area contributed by atoms with Crippen molar-refractivity contribution in [3.8, 4) is 6.01 Å². The summed E-state index contributed by atoms with van der Waals surface area (Å²) < 4.78 is 28.9. The van der Waals surface area contributed by atoms with Gasteiger partial charge in [0.05, 0.1) is 45.3 Å². The molecular weight excluding hydrogens is 596 g/mol. The summed E-state index contributed by atoms with van der Waals surface area (Å²) in [5.74, 6) is 0.168. The van der Waals surface area contributed by atoms with E-state index in [1.54, 1.807) is 6.20 Å². The van der Waals surface area contributed by atoms with Crippen LogP contribution in [0.5, 0.6) is 6.01 Å². The standard InChI is InChI=1S/C31H50N8O7/c1-5-6-15-45-28-37-26(32)25-27(38-28)39(29(40)36-25)22-24-10-9-23(21-35-24)20-33-11-7-13-42-16-18-44-19-17-43-14-8-12-34-30(41)46-31(2,3)4/h9-10,21,33H,5-8,11-20,22H2,1-4H3,(H,34,41)(H,36,40)(H2,32,37,38). The second-order valence-corrected chi connectivity index (χ2v) is 11.6. The van der Waals surface area contributed by atoms with Crippen molar-refractivity contribution in [3.05, 3.63) is 40.1 Å². The van der Waals surface area contributed by atoms with Crippen LogP contribution in [0, 0.1) is 0 Å². The Labute approximate surface area is 269 Å². The molecule has 0 fully saturated rings. The molecule has 1 amide bonds. The molecule has 0 atom stereocenters. The van der Waals surface area contributed by atoms with E-state index in [4.69, 9.17) is 29.4 Å². The van der Waals surface area contributed by atoms with Crippen LogP contribution in [0.2, 0.25) is 0 Å². The molecule has 0 aliphatic carbocycles. The Morgan fingerprint density at radius 3 is 2.30 bits per heavy atom. The van der Waals surface area contributed by atoms with Gasteiger partial charge in [0.25, 0.3) is 0 Å². The molecule has 0 aromatic carbocycles. The predicted octanol–water partition coefficient (Wildman–Crippen LogP) is 2.77. The van der Waals surface area contributed by atoms with E-state index >= 15 is 0 Å². The average Bonchev–Trinajstić information content (AvgIpc) is 3.32. The number of hydrogen-bond donors (Lipinski definition) is 4. The molecule has 3 aromatic rings. The van der Waals surface area contributed by atoms with Crippen LogP contribution >= 0.6 is 0 Å². The van der Waals surface area contributed by atoms with Crippen LogP contribution in [0.15, 0.2) is 23.1 Å². The maximum Gasteiger partial charge on any atom is 0.407 e. The first-order chi connectivity index (χ1) is 22.2. The third kappa shape index (κ3) is 13.7. The van der Waals surface area contributed by atoms with Crippen LogP contribution in [0.25, 0.3) is 11.2 Å². The highest BCUT2D eigenvalue weighted by Crippen LogP contribution is 2.18. The lowest BCUT2D eigenvalue weighted by Gasteiger charge is -2.19. The number of amides is 1. The Hall–Kier alpha value is -3.79. The molecule has 5 N–H and O–H groups in total. The number of alkyl carbamates (subject to hydrolysis) is 1. The summed E-state index contributed by atoms with van der Waals surface area (Å²) in [5, 5.41) is 6.08. The number of unbranched alkanes of at least 4 members (excludes halogenated alkanes) is 1. The number of nitrogens with two attached hydrogens (primary N) is 1. The minimum absolute atomic E-state index is 0.153. The molecule has 15 heteroatoms. The van der Waals surface area contributed by atoms with Crippen molar-refractivity contribution in [2.75, 3.05) is 65.1 Å². The first kappa shape index (κ1) is 36.7. The highest BCUT2D eigenvalue weighted by molar-refractivity contribution is 5.81. The Morgan fingerprint density at radius 2 is 1.65 bits per heavy atom. The van der Waals surface area contributed by atoms with Gasteiger partial charge in [0.2, 0.25) is 0 Å². The van der Waals surface area contributed by atoms with Crippen molar-refractivity contribution in [1.29, 1.82) is 0 Å². The van der Waals surface area contributed by atoms with Crippen LogP contribution in [-0.2, 0) is 32.0 Å². The zero-order chi connectivity index (χ0) is 33.2. The number of H-pyrrole nitrogens is 1. The number of fused-ring (bicyclic) bond motifs is 1. The van der Waals surface area contributed by atoms with Gasteiger partial charge in [-0.3, -0.25) is 9.55 Å². The summed E-state index contributed by atoms with van der Waals surface area (Å²) in [4.78, 5) is 40.0. The van der Waals surface area contributed by atoms with E-state index in [2.05, 4.69) is 37.5 Å². The lowest BCUT2D eigenvalue weighted by molar-refractivity contribution is 0.0136. The maximum absolute atomic E-state index is 12.6. The van der Waals surface area contributed by atoms with E-state index < -0.39 is 11.7 Å². The van der Waals surface area contributed by atoms with E-state index in [1.807, 2.05) is 32.9 Å². The number of ether oxygens (including phenoxy) is 5. The maximum atomic E-state index is 12.6. The second-order valence-electron chi connectivity index (χ2n) is 11.6. The Balaban J connectivity index is 1.21. The van der Waals surface area contributed by atoms with Gasteiger partial charge in [-0.15, -0.1) is 0 Å². The van der Waals surface area contributed by atoms with E-state index in [-0.39, 0.29) is 24.1 Å². The quantitative estimate of drug-likeness (QED) is 0.117. The number of nitrogens with zero attached hydrogens (tertiary/aromatic N) is 4. The van der Waals surface area contributed by atoms with Gasteiger partial charge in [0, 0.05) is 32.5 Å². The van der Waals surface area contributed by atoms with Gasteiger partial charge in [0.1, 0.15) is 11.1 Å². The second kappa shape index (κ2) is 19.7. The fourth-order valence-electron chi connectivity index (χ4n) is 4.12. The van der Waals surface area contributed by atoms with Crippen LogP contribution in [0.3, 0.4) is 0 Å². The van der Waals surface area contributed by atoms with Crippen LogP contribution < -0.4 is 26.8 Å². The smallest absolute Gasteiger partial charge is 0.407 e. The fraction of sp³-hybridized carbons (Fsp3) is 0.645. The molecule has 0 bridgehead atoms. The number of nitrogens with one attached hydrogen (secondary N) is 3. The average molecular weight is 647 g/mol. The molecule has 256 valence electrons. The van der Waals surface area contributed by atoms with Crippen LogP contribution in [0.1, 0.15) is 64.6 Å². The summed E-state index contributed by atoms with van der Waals surface area (Å²) in [6, 6.07) is 4.03. The summed E-state index contributed by atoms with van der Waals surface area (Å²) in [5.41, 5.74) is 7.72. The molecular formula is C31H50N8O7. The molecule has 0 aliphatic heterocycles. The topological polar surface area (TPSA) is 190 Å². The largest absolute Gasteiger partial charge is 0.463 e. The monoisotopic (exact) mass is 646 g/mol. The molecule has 3 rings (SSSR count). The molecule has 3 heterocycles. The fourth-order valence-corrected chi connectivity index (χ4v) is 4.12. The number of pyridine rings is 1. The molecule has 0 saturated carbocycles. The summed E-state index contributed by atoms with van der Waals surface area (Å²) in [7, 11) is 0. The van der Waals surface area contributed by atoms with E-state index in [9.17, 15) is 9.59 Å². The van der Waals surface area contributed by atoms with E-state index in [1.165, 1.54) is 4.57 Å². The first-order valence-corrected chi connectivity index (χ1v) is 15.9. The third-order valence-corrected chi connectivity index (χ3v) is 6.41. The number of nitrogen functional groups attached to an aromatic ring is 1. The zero-order valence-electron chi connectivity index (χ0n) is 27.6. The molecule has 15 nitrogen and oxygen atoms in total. The van der Waals surface area contributed by atoms with Crippen molar-refractivity contribution >= 4 is 23.1 Å². The number of aromatic nitrogens is 5. The van der Waals surface area contributed by atoms with Gasteiger partial charge in [-0.05, 0) is 58.2 Å². The number of carbonyl (C=O) groups excluding carboxylic acids is 1. The minimum atomic E-state index is -0.499. The minimum Gasteiger partial charge on any atom is -0.463 e. The highest BCUT2D eigenvalue weighted by atomic mass is 16.6. The van der Waals surface area contributed by atoms with Gasteiger partial charge in [-0.2, -0.15) is 9.97 Å². The normalized spacial score (nSPS) is 11.7. The predicted molar refractivity (Wildman–Crippen MR) is 174 cm³/mol. The molecule has 0 radical (unpaired) electrons. The lowest BCUT2D eigenvalue weighted by atomic mass is 10.2. The SMILES string of the molecule is CCCCOc1nc(N)c2[nH]c(=O)n(Cc3ccc(CNCCCOCCOCCOCCCNC(=O)OC(C)(C)C)cn3)c2n1. The molecule has 0 saturated heterocycles. The molecule has 0 aliphatic rings. The van der Waals surface area contributed by atoms with Crippen molar-refractivity contribution in [2.24, 2.45) is 0 Å². The first-order valence-electron chi connectivity index (χ1n) is 15.9. The van der Waals surface area contributed by atoms with Gasteiger partial charge in [-0.1, -0.05) is 19.4 Å². The molecule has 0 unspecified atom stereocenters. The number of carbonyl (C=O) groups is 1. The summed E-state index contributed by atoms with van der Waals surface area (Å²) in [6.07, 6.45) is 4.80. The van der Waals surface area contributed by atoms with Crippen LogP contribution in [0.4, 0.5) is 10.6 Å².